The van der Waals surface area contributed by atoms with Gasteiger partial charge in [-0.2, -0.15) is 0 Å². The number of carbonyl (C=O) groups is 2. The van der Waals surface area contributed by atoms with Crippen LogP contribution in [0.3, 0.4) is 0 Å². The lowest BCUT2D eigenvalue weighted by Crippen LogP contribution is -2.47. The maximum absolute atomic E-state index is 12.9. The molecule has 0 radical (unpaired) electrons. The Morgan fingerprint density at radius 3 is 2.36 bits per heavy atom. The average molecular weight is 309 g/mol. The first kappa shape index (κ1) is 17.3. The molecule has 1 amide bonds. The van der Waals surface area contributed by atoms with Gasteiger partial charge in [0.15, 0.2) is 0 Å². The van der Waals surface area contributed by atoms with Gasteiger partial charge in [0.25, 0.3) is 0 Å². The van der Waals surface area contributed by atoms with Crippen molar-refractivity contribution in [2.75, 3.05) is 6.54 Å². The molecule has 0 spiro atoms. The van der Waals surface area contributed by atoms with E-state index in [0.29, 0.717) is 18.2 Å². The van der Waals surface area contributed by atoms with Gasteiger partial charge in [0.05, 0.1) is 0 Å². The van der Waals surface area contributed by atoms with Crippen molar-refractivity contribution in [3.63, 3.8) is 0 Å². The van der Waals surface area contributed by atoms with Crippen molar-refractivity contribution in [2.45, 2.75) is 77.7 Å². The Labute approximate surface area is 134 Å². The van der Waals surface area contributed by atoms with E-state index in [0.717, 1.165) is 44.6 Å². The monoisotopic (exact) mass is 309 g/mol. The molecule has 1 atom stereocenters. The molecular formula is C18H31NO3. The molecule has 126 valence electrons. The summed E-state index contributed by atoms with van der Waals surface area (Å²) >= 11 is 0. The zero-order valence-electron chi connectivity index (χ0n) is 14.1. The van der Waals surface area contributed by atoms with Gasteiger partial charge < -0.3 is 10.0 Å². The third-order valence-electron chi connectivity index (χ3n) is 5.67. The van der Waals surface area contributed by atoms with Crippen molar-refractivity contribution in [1.29, 1.82) is 0 Å². The predicted molar refractivity (Wildman–Crippen MR) is 86.5 cm³/mol. The van der Waals surface area contributed by atoms with Crippen LogP contribution in [0, 0.1) is 17.8 Å². The average Bonchev–Trinajstić information content (AvgIpc) is 2.52. The fourth-order valence-corrected chi connectivity index (χ4v) is 4.15. The number of likely N-dealkylation sites (tertiary alicyclic amines) is 1. The van der Waals surface area contributed by atoms with Gasteiger partial charge in [0.2, 0.25) is 5.91 Å². The minimum atomic E-state index is -0.754. The van der Waals surface area contributed by atoms with Crippen molar-refractivity contribution in [2.24, 2.45) is 17.8 Å². The molecule has 1 unspecified atom stereocenters. The van der Waals surface area contributed by atoms with Crippen molar-refractivity contribution >= 4 is 11.9 Å². The standard InChI is InChI=1S/C18H31NO3/c1-13(2)14-6-8-15(9-7-14)18(22)19-12-4-3-5-16(19)10-11-17(20)21/h13-16H,3-12H2,1-2H3,(H,20,21). The number of rotatable bonds is 5. The summed E-state index contributed by atoms with van der Waals surface area (Å²) in [6.07, 6.45) is 8.32. The summed E-state index contributed by atoms with van der Waals surface area (Å²) in [4.78, 5) is 25.7. The van der Waals surface area contributed by atoms with Crippen LogP contribution in [0.15, 0.2) is 0 Å². The van der Waals surface area contributed by atoms with Gasteiger partial charge in [-0.15, -0.1) is 0 Å². The minimum Gasteiger partial charge on any atom is -0.481 e. The molecule has 1 saturated carbocycles. The number of piperidine rings is 1. The Balaban J connectivity index is 1.90. The van der Waals surface area contributed by atoms with Crippen LogP contribution in [0.5, 0.6) is 0 Å². The van der Waals surface area contributed by atoms with Gasteiger partial charge in [0.1, 0.15) is 0 Å². The Bertz CT molecular complexity index is 386. The van der Waals surface area contributed by atoms with Gasteiger partial charge in [-0.25, -0.2) is 0 Å². The number of nitrogens with zero attached hydrogens (tertiary/aromatic N) is 1. The van der Waals surface area contributed by atoms with Crippen LogP contribution in [0.25, 0.3) is 0 Å². The van der Waals surface area contributed by atoms with Gasteiger partial charge >= 0.3 is 5.97 Å². The number of amides is 1. The molecule has 0 aromatic rings. The molecule has 1 aliphatic heterocycles. The molecule has 2 rings (SSSR count). The van der Waals surface area contributed by atoms with E-state index in [4.69, 9.17) is 5.11 Å². The molecule has 0 aromatic heterocycles. The molecule has 22 heavy (non-hydrogen) atoms. The lowest BCUT2D eigenvalue weighted by atomic mass is 9.76. The Morgan fingerprint density at radius 2 is 1.77 bits per heavy atom. The lowest BCUT2D eigenvalue weighted by Gasteiger charge is -2.39. The molecule has 0 bridgehead atoms. The largest absolute Gasteiger partial charge is 0.481 e. The predicted octanol–water partition coefficient (Wildman–Crippen LogP) is 3.69. The highest BCUT2D eigenvalue weighted by molar-refractivity contribution is 5.79. The molecule has 2 fully saturated rings. The number of carboxylic acid groups (broad SMARTS) is 1. The van der Waals surface area contributed by atoms with Crippen LogP contribution in [0.1, 0.15) is 71.6 Å². The smallest absolute Gasteiger partial charge is 0.303 e. The molecule has 4 nitrogen and oxygen atoms in total. The highest BCUT2D eigenvalue weighted by Crippen LogP contribution is 2.35. The fraction of sp³-hybridized carbons (Fsp3) is 0.889. The van der Waals surface area contributed by atoms with Crippen molar-refractivity contribution < 1.29 is 14.7 Å². The third-order valence-corrected chi connectivity index (χ3v) is 5.67. The highest BCUT2D eigenvalue weighted by atomic mass is 16.4. The molecule has 1 N–H and O–H groups in total. The second-order valence-corrected chi connectivity index (χ2v) is 7.47. The van der Waals surface area contributed by atoms with Crippen molar-refractivity contribution in [3.8, 4) is 0 Å². The first-order chi connectivity index (χ1) is 10.5. The van der Waals surface area contributed by atoms with E-state index in [1.54, 1.807) is 0 Å². The Kier molecular flexibility index (Phi) is 6.27. The van der Waals surface area contributed by atoms with Crippen LogP contribution in [0.2, 0.25) is 0 Å². The zero-order chi connectivity index (χ0) is 16.1. The van der Waals surface area contributed by atoms with E-state index < -0.39 is 5.97 Å². The minimum absolute atomic E-state index is 0.153. The first-order valence-electron chi connectivity index (χ1n) is 9.01. The van der Waals surface area contributed by atoms with E-state index in [2.05, 4.69) is 13.8 Å². The van der Waals surface area contributed by atoms with Gasteiger partial charge in [-0.05, 0) is 63.2 Å². The van der Waals surface area contributed by atoms with E-state index in [1.807, 2.05) is 4.90 Å². The molecule has 1 saturated heterocycles. The normalized spacial score (nSPS) is 29.6. The summed E-state index contributed by atoms with van der Waals surface area (Å²) in [5.74, 6) is 1.22. The molecule has 0 aromatic carbocycles. The number of aliphatic carboxylic acids is 1. The Morgan fingerprint density at radius 1 is 1.09 bits per heavy atom. The van der Waals surface area contributed by atoms with E-state index in [1.165, 1.54) is 12.8 Å². The van der Waals surface area contributed by atoms with Gasteiger partial charge in [0, 0.05) is 24.9 Å². The van der Waals surface area contributed by atoms with Crippen LogP contribution < -0.4 is 0 Å². The maximum atomic E-state index is 12.9. The van der Waals surface area contributed by atoms with Gasteiger partial charge in [-0.3, -0.25) is 9.59 Å². The molecule has 4 heteroatoms. The molecule has 2 aliphatic rings. The molecular weight excluding hydrogens is 278 g/mol. The van der Waals surface area contributed by atoms with Crippen LogP contribution in [-0.2, 0) is 9.59 Å². The van der Waals surface area contributed by atoms with Crippen LogP contribution >= 0.6 is 0 Å². The lowest BCUT2D eigenvalue weighted by molar-refractivity contribution is -0.143. The second-order valence-electron chi connectivity index (χ2n) is 7.47. The van der Waals surface area contributed by atoms with Crippen LogP contribution in [0.4, 0.5) is 0 Å². The number of carboxylic acids is 1. The first-order valence-corrected chi connectivity index (χ1v) is 9.01. The highest BCUT2D eigenvalue weighted by Gasteiger charge is 2.34. The third kappa shape index (κ3) is 4.47. The number of hydrogen-bond donors (Lipinski definition) is 1. The number of hydrogen-bond acceptors (Lipinski definition) is 2. The maximum Gasteiger partial charge on any atom is 0.303 e. The summed E-state index contributed by atoms with van der Waals surface area (Å²) in [5.41, 5.74) is 0. The summed E-state index contributed by atoms with van der Waals surface area (Å²) in [7, 11) is 0. The fourth-order valence-electron chi connectivity index (χ4n) is 4.15. The summed E-state index contributed by atoms with van der Waals surface area (Å²) in [6, 6.07) is 0.153. The number of carbonyl (C=O) groups excluding carboxylic acids is 1. The topological polar surface area (TPSA) is 57.6 Å². The van der Waals surface area contributed by atoms with E-state index in [-0.39, 0.29) is 18.4 Å². The van der Waals surface area contributed by atoms with Gasteiger partial charge in [-0.1, -0.05) is 13.8 Å². The van der Waals surface area contributed by atoms with E-state index in [9.17, 15) is 9.59 Å². The molecule has 1 heterocycles. The molecule has 1 aliphatic carbocycles. The SMILES string of the molecule is CC(C)C1CCC(C(=O)N2CCCCC2CCC(=O)O)CC1. The Hall–Kier alpha value is -1.06. The van der Waals surface area contributed by atoms with Crippen LogP contribution in [-0.4, -0.2) is 34.5 Å². The summed E-state index contributed by atoms with van der Waals surface area (Å²) < 4.78 is 0. The summed E-state index contributed by atoms with van der Waals surface area (Å²) in [5, 5.41) is 8.90. The quantitative estimate of drug-likeness (QED) is 0.842. The van der Waals surface area contributed by atoms with E-state index >= 15 is 0 Å². The van der Waals surface area contributed by atoms with Crippen molar-refractivity contribution in [3.05, 3.63) is 0 Å². The second kappa shape index (κ2) is 7.98. The zero-order valence-corrected chi connectivity index (χ0v) is 14.1. The summed E-state index contributed by atoms with van der Waals surface area (Å²) in [6.45, 7) is 5.38. The van der Waals surface area contributed by atoms with Crippen molar-refractivity contribution in [1.82, 2.24) is 4.90 Å².